The lowest BCUT2D eigenvalue weighted by Gasteiger charge is -2.13. The number of rotatable bonds is 6. The van der Waals surface area contributed by atoms with Gasteiger partial charge in [-0.3, -0.25) is 9.59 Å². The molecule has 0 aliphatic heterocycles. The van der Waals surface area contributed by atoms with Crippen LogP contribution >= 0.6 is 0 Å². The summed E-state index contributed by atoms with van der Waals surface area (Å²) in [6.45, 7) is 9.59. The minimum Gasteiger partial charge on any atom is -0.480 e. The summed E-state index contributed by atoms with van der Waals surface area (Å²) in [6.07, 6.45) is 0. The third kappa shape index (κ3) is 12.9. The minimum atomic E-state index is -1.07. The van der Waals surface area contributed by atoms with E-state index in [9.17, 15) is 9.59 Å². The van der Waals surface area contributed by atoms with Gasteiger partial charge >= 0.3 is 5.97 Å². The van der Waals surface area contributed by atoms with Crippen molar-refractivity contribution in [2.75, 3.05) is 32.7 Å². The summed E-state index contributed by atoms with van der Waals surface area (Å²) in [5.74, 6) is -1.53. The Balaban J connectivity index is 0. The van der Waals surface area contributed by atoms with E-state index in [4.69, 9.17) is 10.8 Å². The highest BCUT2D eigenvalue weighted by Crippen LogP contribution is 1.81. The van der Waals surface area contributed by atoms with Crippen LogP contribution in [0.1, 0.15) is 20.8 Å². The molecule has 0 saturated heterocycles. The maximum Gasteiger partial charge on any atom is 0.322 e. The van der Waals surface area contributed by atoms with Crippen LogP contribution < -0.4 is 11.1 Å². The van der Waals surface area contributed by atoms with E-state index >= 15 is 0 Å². The highest BCUT2D eigenvalue weighted by molar-refractivity contribution is 5.82. The van der Waals surface area contributed by atoms with Gasteiger partial charge in [-0.05, 0) is 19.6 Å². The lowest BCUT2D eigenvalue weighted by Crippen LogP contribution is -2.34. The molecule has 0 rings (SSSR count). The van der Waals surface area contributed by atoms with Gasteiger partial charge in [-0.25, -0.2) is 0 Å². The van der Waals surface area contributed by atoms with E-state index in [1.807, 2.05) is 0 Å². The molecule has 0 aromatic carbocycles. The summed E-state index contributed by atoms with van der Waals surface area (Å²) in [5.41, 5.74) is 4.85. The normalized spacial score (nSPS) is 9.31. The Morgan fingerprint density at radius 2 is 1.62 bits per heavy atom. The monoisotopic (exact) mass is 233 g/mol. The number of amides is 1. The third-order valence-electron chi connectivity index (χ3n) is 1.96. The van der Waals surface area contributed by atoms with Crippen LogP contribution in [0.3, 0.4) is 0 Å². The van der Waals surface area contributed by atoms with Crippen molar-refractivity contribution in [3.63, 3.8) is 0 Å². The molecule has 0 aromatic rings. The van der Waals surface area contributed by atoms with Crippen LogP contribution in [0.4, 0.5) is 0 Å². The number of nitrogens with two attached hydrogens (primary N) is 1. The molecule has 0 aliphatic rings. The molecule has 0 bridgehead atoms. The van der Waals surface area contributed by atoms with Gasteiger partial charge in [0, 0.05) is 0 Å². The number of hydrogen-bond donors (Lipinski definition) is 3. The molecule has 0 atom stereocenters. The van der Waals surface area contributed by atoms with Gasteiger partial charge in [0.25, 0.3) is 0 Å². The average Bonchev–Trinajstić information content (AvgIpc) is 2.29. The van der Waals surface area contributed by atoms with Gasteiger partial charge in [0.15, 0.2) is 0 Å². The second kappa shape index (κ2) is 11.9. The molecule has 4 N–H and O–H groups in total. The molecular weight excluding hydrogens is 210 g/mol. The van der Waals surface area contributed by atoms with Gasteiger partial charge in [-0.1, -0.05) is 20.8 Å². The molecule has 1 amide bonds. The maximum absolute atomic E-state index is 10.2. The molecule has 0 unspecified atom stereocenters. The van der Waals surface area contributed by atoms with Crippen LogP contribution in [0.2, 0.25) is 0 Å². The van der Waals surface area contributed by atoms with Gasteiger partial charge in [0.1, 0.15) is 6.54 Å². The smallest absolute Gasteiger partial charge is 0.322 e. The number of nitrogens with one attached hydrogen (secondary N) is 1. The van der Waals surface area contributed by atoms with Crippen LogP contribution in [0, 0.1) is 0 Å². The average molecular weight is 233 g/mol. The van der Waals surface area contributed by atoms with E-state index in [0.717, 1.165) is 0 Å². The summed E-state index contributed by atoms with van der Waals surface area (Å²) in [5, 5.41) is 10.1. The maximum atomic E-state index is 10.2. The summed E-state index contributed by atoms with van der Waals surface area (Å²) in [6, 6.07) is 0. The second-order valence-corrected chi connectivity index (χ2v) is 2.99. The van der Waals surface area contributed by atoms with Crippen LogP contribution in [0.25, 0.3) is 0 Å². The Morgan fingerprint density at radius 3 is 1.81 bits per heavy atom. The molecule has 0 fully saturated rings. The summed E-state index contributed by atoms with van der Waals surface area (Å²) < 4.78 is 0. The van der Waals surface area contributed by atoms with Gasteiger partial charge < -0.3 is 21.1 Å². The van der Waals surface area contributed by atoms with Crippen molar-refractivity contribution in [3.05, 3.63) is 0 Å². The van der Waals surface area contributed by atoms with Crippen LogP contribution in [-0.4, -0.2) is 54.6 Å². The summed E-state index contributed by atoms with van der Waals surface area (Å²) in [4.78, 5) is 22.4. The number of carboxylic acids is 1. The SMILES string of the molecule is CCN(CC)CC.NCC(=O)NCC(=O)O. The molecule has 6 nitrogen and oxygen atoms in total. The van der Waals surface area contributed by atoms with Crippen LogP contribution in [0.15, 0.2) is 0 Å². The Labute approximate surface area is 96.8 Å². The standard InChI is InChI=1S/C6H15N.C4H8N2O3/c1-4-7(5-2)6-3;5-1-3(7)6-2-4(8)9/h4-6H2,1-3H3;1-2,5H2,(H,6,7)(H,8,9). The van der Waals surface area contributed by atoms with E-state index in [1.165, 1.54) is 19.6 Å². The van der Waals surface area contributed by atoms with E-state index < -0.39 is 11.9 Å². The van der Waals surface area contributed by atoms with Gasteiger partial charge in [0.2, 0.25) is 5.91 Å². The zero-order valence-electron chi connectivity index (χ0n) is 10.3. The lowest BCUT2D eigenvalue weighted by atomic mass is 10.5. The molecule has 0 heterocycles. The fourth-order valence-electron chi connectivity index (χ4n) is 0.917. The largest absolute Gasteiger partial charge is 0.480 e. The minimum absolute atomic E-state index is 0.173. The fraction of sp³-hybridized carbons (Fsp3) is 0.800. The van der Waals surface area contributed by atoms with Crippen molar-refractivity contribution >= 4 is 11.9 Å². The highest BCUT2D eigenvalue weighted by atomic mass is 16.4. The molecule has 0 spiro atoms. The topological polar surface area (TPSA) is 95.7 Å². The van der Waals surface area contributed by atoms with Crippen molar-refractivity contribution < 1.29 is 14.7 Å². The first-order valence-electron chi connectivity index (χ1n) is 5.42. The fourth-order valence-corrected chi connectivity index (χ4v) is 0.917. The predicted molar refractivity (Wildman–Crippen MR) is 63.2 cm³/mol. The lowest BCUT2D eigenvalue weighted by molar-refractivity contribution is -0.137. The molecule has 0 radical (unpaired) electrons. The van der Waals surface area contributed by atoms with E-state index in [1.54, 1.807) is 0 Å². The number of carboxylic acid groups (broad SMARTS) is 1. The van der Waals surface area contributed by atoms with Crippen LogP contribution in [0.5, 0.6) is 0 Å². The molecule has 0 aromatic heterocycles. The number of aliphatic carboxylic acids is 1. The van der Waals surface area contributed by atoms with Crippen molar-refractivity contribution in [1.29, 1.82) is 0 Å². The Hall–Kier alpha value is -1.14. The number of carbonyl (C=O) groups excluding carboxylic acids is 1. The van der Waals surface area contributed by atoms with E-state index in [2.05, 4.69) is 31.0 Å². The molecule has 0 saturated carbocycles. The zero-order valence-corrected chi connectivity index (χ0v) is 10.3. The van der Waals surface area contributed by atoms with Crippen molar-refractivity contribution in [2.45, 2.75) is 20.8 Å². The second-order valence-electron chi connectivity index (χ2n) is 2.99. The Bertz CT molecular complexity index is 188. The number of nitrogens with zero attached hydrogens (tertiary/aromatic N) is 1. The first-order valence-corrected chi connectivity index (χ1v) is 5.42. The third-order valence-corrected chi connectivity index (χ3v) is 1.96. The van der Waals surface area contributed by atoms with Gasteiger partial charge in [-0.15, -0.1) is 0 Å². The first-order chi connectivity index (χ1) is 7.51. The number of carbonyl (C=O) groups is 2. The molecule has 16 heavy (non-hydrogen) atoms. The van der Waals surface area contributed by atoms with Gasteiger partial charge in [0.05, 0.1) is 6.54 Å². The Kier molecular flexibility index (Phi) is 12.9. The Morgan fingerprint density at radius 1 is 1.19 bits per heavy atom. The van der Waals surface area contributed by atoms with Gasteiger partial charge in [-0.2, -0.15) is 0 Å². The predicted octanol–water partition coefficient (Wildman–Crippen LogP) is -0.506. The molecule has 96 valence electrons. The summed E-state index contributed by atoms with van der Waals surface area (Å²) in [7, 11) is 0. The van der Waals surface area contributed by atoms with E-state index in [0.29, 0.717) is 0 Å². The molecule has 0 aliphatic carbocycles. The van der Waals surface area contributed by atoms with Crippen LogP contribution in [-0.2, 0) is 9.59 Å². The quantitative estimate of drug-likeness (QED) is 0.574. The number of hydrogen-bond acceptors (Lipinski definition) is 4. The zero-order chi connectivity index (χ0) is 13.0. The van der Waals surface area contributed by atoms with E-state index in [-0.39, 0.29) is 13.1 Å². The first kappa shape index (κ1) is 17.3. The molecular formula is C10H23N3O3. The van der Waals surface area contributed by atoms with Crippen molar-refractivity contribution in [3.8, 4) is 0 Å². The van der Waals surface area contributed by atoms with Crippen molar-refractivity contribution in [1.82, 2.24) is 10.2 Å². The van der Waals surface area contributed by atoms with Crippen molar-refractivity contribution in [2.24, 2.45) is 5.73 Å². The highest BCUT2D eigenvalue weighted by Gasteiger charge is 1.98. The molecule has 6 heteroatoms. The summed E-state index contributed by atoms with van der Waals surface area (Å²) >= 11 is 0.